The molecule has 0 unspecified atom stereocenters. The van der Waals surface area contributed by atoms with Crippen LogP contribution in [0.5, 0.6) is 0 Å². The number of nitrogens with zero attached hydrogens (tertiary/aromatic N) is 3. The Bertz CT molecular complexity index is 396. The maximum Gasteiger partial charge on any atom is 0.168 e. The van der Waals surface area contributed by atoms with Gasteiger partial charge in [0.05, 0.1) is 0 Å². The fourth-order valence-electron chi connectivity index (χ4n) is 2.39. The summed E-state index contributed by atoms with van der Waals surface area (Å²) >= 11 is 5.30. The SMILES string of the molecule is CNC(=S)N1CCCN(CCc2ccncc2)CC1. The van der Waals surface area contributed by atoms with E-state index in [1.165, 1.54) is 12.0 Å². The van der Waals surface area contributed by atoms with E-state index in [4.69, 9.17) is 12.2 Å². The van der Waals surface area contributed by atoms with Crippen molar-refractivity contribution in [2.24, 2.45) is 0 Å². The number of rotatable bonds is 3. The second-order valence-electron chi connectivity index (χ2n) is 4.84. The summed E-state index contributed by atoms with van der Waals surface area (Å²) in [5.41, 5.74) is 1.36. The molecule has 4 nitrogen and oxygen atoms in total. The summed E-state index contributed by atoms with van der Waals surface area (Å²) in [7, 11) is 1.90. The maximum atomic E-state index is 5.30. The van der Waals surface area contributed by atoms with Crippen molar-refractivity contribution in [2.75, 3.05) is 39.8 Å². The van der Waals surface area contributed by atoms with E-state index >= 15 is 0 Å². The number of thiocarbonyl (C=S) groups is 1. The Kier molecular flexibility index (Phi) is 5.54. The van der Waals surface area contributed by atoms with Gasteiger partial charge in [-0.25, -0.2) is 0 Å². The predicted molar refractivity (Wildman–Crippen MR) is 82.2 cm³/mol. The Morgan fingerprint density at radius 1 is 1.26 bits per heavy atom. The zero-order valence-electron chi connectivity index (χ0n) is 11.5. The number of hydrogen-bond donors (Lipinski definition) is 1. The van der Waals surface area contributed by atoms with Gasteiger partial charge in [0.2, 0.25) is 0 Å². The van der Waals surface area contributed by atoms with Gasteiger partial charge in [-0.3, -0.25) is 4.98 Å². The van der Waals surface area contributed by atoms with Gasteiger partial charge in [0.25, 0.3) is 0 Å². The lowest BCUT2D eigenvalue weighted by Gasteiger charge is -2.23. The van der Waals surface area contributed by atoms with E-state index in [-0.39, 0.29) is 0 Å². The Labute approximate surface area is 120 Å². The molecule has 0 atom stereocenters. The lowest BCUT2D eigenvalue weighted by Crippen LogP contribution is -2.40. The van der Waals surface area contributed by atoms with E-state index in [1.54, 1.807) is 0 Å². The molecule has 2 rings (SSSR count). The average Bonchev–Trinajstić information content (AvgIpc) is 2.71. The van der Waals surface area contributed by atoms with E-state index in [2.05, 4.69) is 32.2 Å². The number of pyridine rings is 1. The molecule has 1 aliphatic rings. The average molecular weight is 278 g/mol. The first-order valence-corrected chi connectivity index (χ1v) is 7.28. The number of hydrogen-bond acceptors (Lipinski definition) is 3. The third-order valence-electron chi connectivity index (χ3n) is 3.56. The Hall–Kier alpha value is -1.20. The normalized spacial score (nSPS) is 17.0. The van der Waals surface area contributed by atoms with Crippen LogP contribution in [0.25, 0.3) is 0 Å². The Morgan fingerprint density at radius 3 is 2.79 bits per heavy atom. The minimum Gasteiger partial charge on any atom is -0.366 e. The highest BCUT2D eigenvalue weighted by Gasteiger charge is 2.15. The second-order valence-corrected chi connectivity index (χ2v) is 5.23. The van der Waals surface area contributed by atoms with Crippen molar-refractivity contribution in [3.63, 3.8) is 0 Å². The highest BCUT2D eigenvalue weighted by atomic mass is 32.1. The quantitative estimate of drug-likeness (QED) is 0.838. The standard InChI is InChI=1S/C14H22N4S/c1-15-14(19)18-9-2-8-17(11-12-18)10-5-13-3-6-16-7-4-13/h3-4,6-7H,2,5,8-12H2,1H3,(H,15,19). The summed E-state index contributed by atoms with van der Waals surface area (Å²) in [6.45, 7) is 5.45. The summed E-state index contributed by atoms with van der Waals surface area (Å²) < 4.78 is 0. The minimum absolute atomic E-state index is 0.871. The first kappa shape index (κ1) is 14.2. The smallest absolute Gasteiger partial charge is 0.168 e. The molecular formula is C14H22N4S. The first-order valence-electron chi connectivity index (χ1n) is 6.87. The van der Waals surface area contributed by atoms with Gasteiger partial charge in [0.15, 0.2) is 5.11 Å². The van der Waals surface area contributed by atoms with Crippen molar-refractivity contribution >= 4 is 17.3 Å². The molecule has 0 saturated carbocycles. The molecule has 104 valence electrons. The molecule has 0 bridgehead atoms. The van der Waals surface area contributed by atoms with E-state index in [9.17, 15) is 0 Å². The van der Waals surface area contributed by atoms with Crippen molar-refractivity contribution in [3.05, 3.63) is 30.1 Å². The Balaban J connectivity index is 1.78. The van der Waals surface area contributed by atoms with Crippen LogP contribution in [0.15, 0.2) is 24.5 Å². The van der Waals surface area contributed by atoms with E-state index in [0.29, 0.717) is 0 Å². The van der Waals surface area contributed by atoms with Gasteiger partial charge in [-0.15, -0.1) is 0 Å². The van der Waals surface area contributed by atoms with Crippen molar-refractivity contribution in [1.29, 1.82) is 0 Å². The van der Waals surface area contributed by atoms with Gasteiger partial charge in [-0.05, 0) is 49.3 Å². The molecule has 0 spiro atoms. The van der Waals surface area contributed by atoms with E-state index in [0.717, 1.165) is 44.3 Å². The molecule has 1 aromatic heterocycles. The Morgan fingerprint density at radius 2 is 2.05 bits per heavy atom. The molecule has 0 amide bonds. The summed E-state index contributed by atoms with van der Waals surface area (Å²) in [6.07, 6.45) is 6.01. The number of aromatic nitrogens is 1. The zero-order valence-corrected chi connectivity index (χ0v) is 12.3. The molecule has 0 radical (unpaired) electrons. The molecule has 1 N–H and O–H groups in total. The molecule has 1 saturated heterocycles. The van der Waals surface area contributed by atoms with E-state index < -0.39 is 0 Å². The van der Waals surface area contributed by atoms with Gasteiger partial charge in [-0.2, -0.15) is 0 Å². The monoisotopic (exact) mass is 278 g/mol. The molecule has 2 heterocycles. The molecular weight excluding hydrogens is 256 g/mol. The molecule has 19 heavy (non-hydrogen) atoms. The molecule has 0 aliphatic carbocycles. The summed E-state index contributed by atoms with van der Waals surface area (Å²) in [6, 6.07) is 4.19. The molecule has 1 fully saturated rings. The lowest BCUT2D eigenvalue weighted by molar-refractivity contribution is 0.289. The van der Waals surface area contributed by atoms with Crippen LogP contribution in [-0.4, -0.2) is 59.7 Å². The van der Waals surface area contributed by atoms with Gasteiger partial charge >= 0.3 is 0 Å². The summed E-state index contributed by atoms with van der Waals surface area (Å²) in [5.74, 6) is 0. The largest absolute Gasteiger partial charge is 0.366 e. The van der Waals surface area contributed by atoms with Crippen LogP contribution in [0.1, 0.15) is 12.0 Å². The van der Waals surface area contributed by atoms with Crippen LogP contribution in [0, 0.1) is 0 Å². The van der Waals surface area contributed by atoms with Crippen LogP contribution in [-0.2, 0) is 6.42 Å². The van der Waals surface area contributed by atoms with Crippen molar-refractivity contribution in [2.45, 2.75) is 12.8 Å². The fraction of sp³-hybridized carbons (Fsp3) is 0.571. The van der Waals surface area contributed by atoms with Gasteiger partial charge in [-0.1, -0.05) is 0 Å². The fourth-order valence-corrected chi connectivity index (χ4v) is 2.57. The zero-order chi connectivity index (χ0) is 13.5. The molecule has 0 aromatic carbocycles. The summed E-state index contributed by atoms with van der Waals surface area (Å²) in [4.78, 5) is 8.84. The van der Waals surface area contributed by atoms with Crippen LogP contribution in [0.4, 0.5) is 0 Å². The third-order valence-corrected chi connectivity index (χ3v) is 4.02. The van der Waals surface area contributed by atoms with Crippen LogP contribution in [0.2, 0.25) is 0 Å². The third kappa shape index (κ3) is 4.44. The highest BCUT2D eigenvalue weighted by Crippen LogP contribution is 2.06. The van der Waals surface area contributed by atoms with Crippen LogP contribution < -0.4 is 5.32 Å². The molecule has 1 aliphatic heterocycles. The minimum atomic E-state index is 0.871. The second kappa shape index (κ2) is 7.40. The molecule has 5 heteroatoms. The van der Waals surface area contributed by atoms with Crippen LogP contribution >= 0.6 is 12.2 Å². The van der Waals surface area contributed by atoms with Crippen LogP contribution in [0.3, 0.4) is 0 Å². The highest BCUT2D eigenvalue weighted by molar-refractivity contribution is 7.80. The lowest BCUT2D eigenvalue weighted by atomic mass is 10.2. The van der Waals surface area contributed by atoms with E-state index in [1.807, 2.05) is 19.4 Å². The summed E-state index contributed by atoms with van der Waals surface area (Å²) in [5, 5.41) is 3.94. The number of nitrogens with one attached hydrogen (secondary N) is 1. The first-order chi connectivity index (χ1) is 9.29. The van der Waals surface area contributed by atoms with Gasteiger partial charge in [0, 0.05) is 45.6 Å². The maximum absolute atomic E-state index is 5.30. The van der Waals surface area contributed by atoms with Crippen molar-refractivity contribution in [3.8, 4) is 0 Å². The molecule has 1 aromatic rings. The predicted octanol–water partition coefficient (Wildman–Crippen LogP) is 1.14. The van der Waals surface area contributed by atoms with Crippen molar-refractivity contribution in [1.82, 2.24) is 20.1 Å². The van der Waals surface area contributed by atoms with Crippen molar-refractivity contribution < 1.29 is 0 Å². The van der Waals surface area contributed by atoms with Gasteiger partial charge < -0.3 is 15.1 Å². The van der Waals surface area contributed by atoms with Gasteiger partial charge in [0.1, 0.15) is 0 Å². The topological polar surface area (TPSA) is 31.4 Å².